The van der Waals surface area contributed by atoms with E-state index in [0.29, 0.717) is 0 Å². The van der Waals surface area contributed by atoms with Gasteiger partial charge in [-0.05, 0) is 38.1 Å². The normalized spacial score (nSPS) is 10.3. The van der Waals surface area contributed by atoms with Crippen LogP contribution in [-0.2, 0) is 4.79 Å². The van der Waals surface area contributed by atoms with Crippen molar-refractivity contribution in [2.24, 2.45) is 0 Å². The van der Waals surface area contributed by atoms with E-state index in [-0.39, 0.29) is 12.0 Å². The summed E-state index contributed by atoms with van der Waals surface area (Å²) >= 11 is 0. The summed E-state index contributed by atoms with van der Waals surface area (Å²) < 4.78 is 5.48. The Kier molecular flexibility index (Phi) is 4.31. The van der Waals surface area contributed by atoms with E-state index in [1.54, 1.807) is 31.3 Å². The molecule has 0 saturated heterocycles. The van der Waals surface area contributed by atoms with Crippen molar-refractivity contribution in [3.05, 3.63) is 24.3 Å². The summed E-state index contributed by atoms with van der Waals surface area (Å²) in [5.74, 6) is 0.432. The van der Waals surface area contributed by atoms with Crippen LogP contribution in [0.3, 0.4) is 0 Å². The lowest BCUT2D eigenvalue weighted by Gasteiger charge is -2.17. The van der Waals surface area contributed by atoms with Crippen LogP contribution in [0.15, 0.2) is 24.3 Å². The predicted molar refractivity (Wildman–Crippen MR) is 62.7 cm³/mol. The Bertz CT molecular complexity index is 346. The number of rotatable bonds is 4. The first kappa shape index (κ1) is 12.5. The van der Waals surface area contributed by atoms with E-state index < -0.39 is 6.61 Å². The number of hydrogen-bond donors (Lipinski definition) is 1. The van der Waals surface area contributed by atoms with Crippen LogP contribution in [0.4, 0.5) is 5.69 Å². The van der Waals surface area contributed by atoms with Crippen molar-refractivity contribution >= 4 is 11.6 Å². The lowest BCUT2D eigenvalue weighted by atomic mass is 10.2. The smallest absolute Gasteiger partial charge is 0.252 e. The van der Waals surface area contributed by atoms with Gasteiger partial charge >= 0.3 is 0 Å². The third-order valence-corrected chi connectivity index (χ3v) is 2.11. The fourth-order valence-electron chi connectivity index (χ4n) is 1.27. The minimum absolute atomic E-state index is 0.127. The molecule has 1 aromatic rings. The molecule has 88 valence electrons. The van der Waals surface area contributed by atoms with Crippen molar-refractivity contribution in [3.8, 4) is 5.75 Å². The summed E-state index contributed by atoms with van der Waals surface area (Å²) in [6, 6.07) is 7.17. The maximum absolute atomic E-state index is 11.2. The van der Waals surface area contributed by atoms with E-state index in [0.717, 1.165) is 11.4 Å². The zero-order valence-electron chi connectivity index (χ0n) is 9.80. The van der Waals surface area contributed by atoms with E-state index >= 15 is 0 Å². The number of amides is 1. The highest BCUT2D eigenvalue weighted by Gasteiger charge is 2.09. The molecule has 1 amide bonds. The fourth-order valence-corrected chi connectivity index (χ4v) is 1.27. The summed E-state index contributed by atoms with van der Waals surface area (Å²) in [7, 11) is 1.62. The average Bonchev–Trinajstić information content (AvgIpc) is 2.27. The number of benzene rings is 1. The Morgan fingerprint density at radius 2 is 1.94 bits per heavy atom. The topological polar surface area (TPSA) is 49.8 Å². The van der Waals surface area contributed by atoms with Crippen molar-refractivity contribution < 1.29 is 14.6 Å². The minimum Gasteiger partial charge on any atom is -0.491 e. The van der Waals surface area contributed by atoms with Gasteiger partial charge in [0.05, 0.1) is 6.10 Å². The standard InChI is InChI=1S/C12H17NO3/c1-9(2)16-11-6-4-10(5-7-11)13(3)12(15)8-14/h4-7,9,14H,8H2,1-3H3. The summed E-state index contributed by atoms with van der Waals surface area (Å²) in [4.78, 5) is 12.6. The Balaban J connectivity index is 2.74. The quantitative estimate of drug-likeness (QED) is 0.840. The zero-order chi connectivity index (χ0) is 12.1. The first-order valence-corrected chi connectivity index (χ1v) is 5.18. The Labute approximate surface area is 95.5 Å². The number of carbonyl (C=O) groups excluding carboxylic acids is 1. The number of aliphatic hydroxyl groups excluding tert-OH is 1. The monoisotopic (exact) mass is 223 g/mol. The number of ether oxygens (including phenoxy) is 1. The minimum atomic E-state index is -0.485. The number of hydrogen-bond acceptors (Lipinski definition) is 3. The summed E-state index contributed by atoms with van der Waals surface area (Å²) in [6.07, 6.45) is 0.127. The number of anilines is 1. The average molecular weight is 223 g/mol. The second-order valence-electron chi connectivity index (χ2n) is 3.77. The molecule has 0 atom stereocenters. The molecular weight excluding hydrogens is 206 g/mol. The molecule has 4 heteroatoms. The zero-order valence-corrected chi connectivity index (χ0v) is 9.80. The van der Waals surface area contributed by atoms with Crippen LogP contribution in [0.25, 0.3) is 0 Å². The molecule has 1 aromatic carbocycles. The van der Waals surface area contributed by atoms with Gasteiger partial charge in [0.25, 0.3) is 5.91 Å². The van der Waals surface area contributed by atoms with Crippen molar-refractivity contribution in [1.29, 1.82) is 0 Å². The van der Waals surface area contributed by atoms with Gasteiger partial charge in [0.15, 0.2) is 0 Å². The molecule has 16 heavy (non-hydrogen) atoms. The first-order chi connectivity index (χ1) is 7.54. The van der Waals surface area contributed by atoms with E-state index in [4.69, 9.17) is 9.84 Å². The molecule has 0 spiro atoms. The molecule has 1 rings (SSSR count). The Hall–Kier alpha value is -1.55. The van der Waals surface area contributed by atoms with Crippen LogP contribution in [0, 0.1) is 0 Å². The summed E-state index contributed by atoms with van der Waals surface area (Å²) in [5.41, 5.74) is 0.732. The van der Waals surface area contributed by atoms with Crippen LogP contribution in [0.1, 0.15) is 13.8 Å². The van der Waals surface area contributed by atoms with E-state index in [1.807, 2.05) is 13.8 Å². The van der Waals surface area contributed by atoms with Crippen LogP contribution >= 0.6 is 0 Å². The molecule has 4 nitrogen and oxygen atoms in total. The Morgan fingerprint density at radius 3 is 2.38 bits per heavy atom. The van der Waals surface area contributed by atoms with Crippen molar-refractivity contribution in [1.82, 2.24) is 0 Å². The number of aliphatic hydroxyl groups is 1. The van der Waals surface area contributed by atoms with Gasteiger partial charge in [-0.3, -0.25) is 4.79 Å². The lowest BCUT2D eigenvalue weighted by molar-refractivity contribution is -0.120. The predicted octanol–water partition coefficient (Wildman–Crippen LogP) is 1.43. The lowest BCUT2D eigenvalue weighted by Crippen LogP contribution is -2.28. The second-order valence-corrected chi connectivity index (χ2v) is 3.77. The first-order valence-electron chi connectivity index (χ1n) is 5.18. The van der Waals surface area contributed by atoms with Gasteiger partial charge in [-0.2, -0.15) is 0 Å². The van der Waals surface area contributed by atoms with Gasteiger partial charge in [-0.15, -0.1) is 0 Å². The molecule has 0 aliphatic carbocycles. The molecular formula is C12H17NO3. The fraction of sp³-hybridized carbons (Fsp3) is 0.417. The number of nitrogens with zero attached hydrogens (tertiary/aromatic N) is 1. The molecule has 0 aromatic heterocycles. The second kappa shape index (κ2) is 5.51. The van der Waals surface area contributed by atoms with E-state index in [2.05, 4.69) is 0 Å². The number of carbonyl (C=O) groups is 1. The summed E-state index contributed by atoms with van der Waals surface area (Å²) in [5, 5.41) is 8.72. The van der Waals surface area contributed by atoms with Crippen molar-refractivity contribution in [3.63, 3.8) is 0 Å². The van der Waals surface area contributed by atoms with Gasteiger partial charge in [0.1, 0.15) is 12.4 Å². The molecule has 0 radical (unpaired) electrons. The molecule has 0 fully saturated rings. The van der Waals surface area contributed by atoms with E-state index in [1.165, 1.54) is 4.90 Å². The molecule has 0 aliphatic rings. The largest absolute Gasteiger partial charge is 0.491 e. The molecule has 0 unspecified atom stereocenters. The van der Waals surface area contributed by atoms with Crippen molar-refractivity contribution in [2.75, 3.05) is 18.6 Å². The maximum atomic E-state index is 11.2. The van der Waals surface area contributed by atoms with Gasteiger partial charge in [0.2, 0.25) is 0 Å². The van der Waals surface area contributed by atoms with Gasteiger partial charge in [-0.1, -0.05) is 0 Å². The molecule has 0 heterocycles. The molecule has 0 saturated carbocycles. The van der Waals surface area contributed by atoms with Gasteiger partial charge in [0, 0.05) is 12.7 Å². The van der Waals surface area contributed by atoms with Crippen LogP contribution in [-0.4, -0.2) is 30.8 Å². The third kappa shape index (κ3) is 3.24. The molecule has 1 N–H and O–H groups in total. The summed E-state index contributed by atoms with van der Waals surface area (Å²) in [6.45, 7) is 3.42. The molecule has 0 bridgehead atoms. The highest BCUT2D eigenvalue weighted by atomic mass is 16.5. The number of likely N-dealkylation sites (N-methyl/N-ethyl adjacent to an activating group) is 1. The van der Waals surface area contributed by atoms with Crippen molar-refractivity contribution in [2.45, 2.75) is 20.0 Å². The van der Waals surface area contributed by atoms with E-state index in [9.17, 15) is 4.79 Å². The maximum Gasteiger partial charge on any atom is 0.252 e. The SMILES string of the molecule is CC(C)Oc1ccc(N(C)C(=O)CO)cc1. The Morgan fingerprint density at radius 1 is 1.38 bits per heavy atom. The molecule has 0 aliphatic heterocycles. The van der Waals surface area contributed by atoms with Crippen LogP contribution in [0.5, 0.6) is 5.75 Å². The highest BCUT2D eigenvalue weighted by molar-refractivity contribution is 5.93. The van der Waals surface area contributed by atoms with Gasteiger partial charge in [-0.25, -0.2) is 0 Å². The highest BCUT2D eigenvalue weighted by Crippen LogP contribution is 2.19. The van der Waals surface area contributed by atoms with Crippen LogP contribution in [0.2, 0.25) is 0 Å². The van der Waals surface area contributed by atoms with Gasteiger partial charge < -0.3 is 14.7 Å². The third-order valence-electron chi connectivity index (χ3n) is 2.11. The van der Waals surface area contributed by atoms with Crippen LogP contribution < -0.4 is 9.64 Å².